The Hall–Kier alpha value is -4.21. The first-order valence-electron chi connectivity index (χ1n) is 13.2. The molecule has 0 unspecified atom stereocenters. The molecule has 0 saturated heterocycles. The summed E-state index contributed by atoms with van der Waals surface area (Å²) in [5.74, 6) is -0.657. The van der Waals surface area contributed by atoms with Gasteiger partial charge in [0.25, 0.3) is 0 Å². The van der Waals surface area contributed by atoms with Crippen LogP contribution in [0, 0.1) is 0 Å². The van der Waals surface area contributed by atoms with E-state index in [1.54, 1.807) is 20.9 Å². The maximum atomic E-state index is 13.1. The van der Waals surface area contributed by atoms with Gasteiger partial charge < -0.3 is 31.7 Å². The Labute approximate surface area is 235 Å². The number of amides is 4. The Kier molecular flexibility index (Phi) is 11.2. The average Bonchev–Trinajstić information content (AvgIpc) is 2.94. The molecule has 0 fully saturated rings. The largest absolute Gasteiger partial charge is 0.374 e. The molecule has 0 radical (unpaired) electrons. The summed E-state index contributed by atoms with van der Waals surface area (Å²) < 4.78 is 5.77. The molecule has 1 atom stereocenters. The van der Waals surface area contributed by atoms with Gasteiger partial charge in [0, 0.05) is 32.1 Å². The van der Waals surface area contributed by atoms with Crippen LogP contribution in [0.1, 0.15) is 37.0 Å². The SMILES string of the molecule is CNC(=O)NCc1ccccc1-c1ccc(CNC(=O)[C@@H](COCc2ccccc2)NC(=O)CC(C)(C)N)cc1. The summed E-state index contributed by atoms with van der Waals surface area (Å²) in [5, 5.41) is 11.0. The fourth-order valence-corrected chi connectivity index (χ4v) is 4.05. The van der Waals surface area contributed by atoms with Gasteiger partial charge in [0.2, 0.25) is 11.8 Å². The molecule has 40 heavy (non-hydrogen) atoms. The number of rotatable bonds is 13. The Morgan fingerprint density at radius 3 is 2.20 bits per heavy atom. The number of nitrogens with one attached hydrogen (secondary N) is 4. The minimum Gasteiger partial charge on any atom is -0.374 e. The minimum atomic E-state index is -0.863. The van der Waals surface area contributed by atoms with Crippen molar-refractivity contribution in [3.63, 3.8) is 0 Å². The third-order valence-electron chi connectivity index (χ3n) is 6.08. The lowest BCUT2D eigenvalue weighted by atomic mass is 9.98. The topological polar surface area (TPSA) is 135 Å². The third kappa shape index (κ3) is 10.2. The first kappa shape index (κ1) is 30.3. The van der Waals surface area contributed by atoms with Gasteiger partial charge >= 0.3 is 6.03 Å². The molecule has 6 N–H and O–H groups in total. The zero-order valence-corrected chi connectivity index (χ0v) is 23.3. The molecule has 0 aliphatic carbocycles. The number of nitrogens with two attached hydrogens (primary N) is 1. The summed E-state index contributed by atoms with van der Waals surface area (Å²) in [6.45, 7) is 4.55. The molecule has 9 nitrogen and oxygen atoms in total. The van der Waals surface area contributed by atoms with E-state index < -0.39 is 11.6 Å². The van der Waals surface area contributed by atoms with Crippen molar-refractivity contribution >= 4 is 17.8 Å². The molecule has 9 heteroatoms. The molecular formula is C31H39N5O4. The second kappa shape index (κ2) is 14.8. The van der Waals surface area contributed by atoms with Crippen molar-refractivity contribution in [2.24, 2.45) is 5.73 Å². The van der Waals surface area contributed by atoms with Gasteiger partial charge in [0.05, 0.1) is 13.2 Å². The van der Waals surface area contributed by atoms with Gasteiger partial charge in [0.15, 0.2) is 0 Å². The monoisotopic (exact) mass is 545 g/mol. The van der Waals surface area contributed by atoms with Crippen molar-refractivity contribution < 1.29 is 19.1 Å². The highest BCUT2D eigenvalue weighted by molar-refractivity contribution is 5.88. The van der Waals surface area contributed by atoms with Gasteiger partial charge in [0.1, 0.15) is 6.04 Å². The van der Waals surface area contributed by atoms with Crippen LogP contribution in [0.25, 0.3) is 11.1 Å². The minimum absolute atomic E-state index is 0.0251. The summed E-state index contributed by atoms with van der Waals surface area (Å²) in [5.41, 5.74) is 10.2. The Bertz CT molecular complexity index is 1260. The van der Waals surface area contributed by atoms with Gasteiger partial charge in [-0.3, -0.25) is 9.59 Å². The summed E-state index contributed by atoms with van der Waals surface area (Å²) in [7, 11) is 1.58. The predicted molar refractivity (Wildman–Crippen MR) is 156 cm³/mol. The lowest BCUT2D eigenvalue weighted by molar-refractivity contribution is -0.131. The number of hydrogen-bond donors (Lipinski definition) is 5. The third-order valence-corrected chi connectivity index (χ3v) is 6.08. The molecule has 0 aromatic heterocycles. The van der Waals surface area contributed by atoms with E-state index in [0.717, 1.165) is 27.8 Å². The van der Waals surface area contributed by atoms with E-state index in [-0.39, 0.29) is 37.4 Å². The number of carbonyl (C=O) groups is 3. The van der Waals surface area contributed by atoms with Crippen LogP contribution in [0.5, 0.6) is 0 Å². The highest BCUT2D eigenvalue weighted by Crippen LogP contribution is 2.24. The molecule has 4 amide bonds. The number of ether oxygens (including phenoxy) is 1. The molecule has 0 aliphatic rings. The van der Waals surface area contributed by atoms with Crippen molar-refractivity contribution in [3.05, 3.63) is 95.6 Å². The van der Waals surface area contributed by atoms with Gasteiger partial charge in [-0.15, -0.1) is 0 Å². The van der Waals surface area contributed by atoms with Crippen LogP contribution in [0.15, 0.2) is 78.9 Å². The van der Waals surface area contributed by atoms with E-state index in [1.807, 2.05) is 78.9 Å². The number of urea groups is 1. The van der Waals surface area contributed by atoms with Gasteiger partial charge in [-0.25, -0.2) is 4.79 Å². The van der Waals surface area contributed by atoms with Crippen LogP contribution < -0.4 is 27.0 Å². The molecule has 3 aromatic carbocycles. The highest BCUT2D eigenvalue weighted by atomic mass is 16.5. The van der Waals surface area contributed by atoms with E-state index in [2.05, 4.69) is 21.3 Å². The molecule has 0 bridgehead atoms. The summed E-state index contributed by atoms with van der Waals surface area (Å²) in [4.78, 5) is 37.2. The number of carbonyl (C=O) groups excluding carboxylic acids is 3. The van der Waals surface area contributed by atoms with Crippen LogP contribution >= 0.6 is 0 Å². The normalized spacial score (nSPS) is 11.8. The molecule has 212 valence electrons. The van der Waals surface area contributed by atoms with Gasteiger partial charge in [-0.2, -0.15) is 0 Å². The van der Waals surface area contributed by atoms with Crippen molar-refractivity contribution in [2.45, 2.75) is 51.5 Å². The number of hydrogen-bond acceptors (Lipinski definition) is 5. The second-order valence-electron chi connectivity index (χ2n) is 10.3. The van der Waals surface area contributed by atoms with Crippen LogP contribution in [0.2, 0.25) is 0 Å². The first-order chi connectivity index (χ1) is 19.1. The van der Waals surface area contributed by atoms with E-state index in [9.17, 15) is 14.4 Å². The summed E-state index contributed by atoms with van der Waals surface area (Å²) in [6.07, 6.45) is 0.0804. The zero-order chi connectivity index (χ0) is 29.0. The maximum Gasteiger partial charge on any atom is 0.314 e. The van der Waals surface area contributed by atoms with E-state index >= 15 is 0 Å². The fraction of sp³-hybridized carbons (Fsp3) is 0.323. The zero-order valence-electron chi connectivity index (χ0n) is 23.3. The predicted octanol–water partition coefficient (Wildman–Crippen LogP) is 3.23. The van der Waals surface area contributed by atoms with Crippen molar-refractivity contribution in [2.75, 3.05) is 13.7 Å². The Morgan fingerprint density at radius 1 is 0.850 bits per heavy atom. The summed E-state index contributed by atoms with van der Waals surface area (Å²) >= 11 is 0. The van der Waals surface area contributed by atoms with Crippen molar-refractivity contribution in [1.29, 1.82) is 0 Å². The van der Waals surface area contributed by atoms with E-state index in [0.29, 0.717) is 13.2 Å². The Morgan fingerprint density at radius 2 is 1.52 bits per heavy atom. The lowest BCUT2D eigenvalue weighted by Gasteiger charge is -2.22. The number of benzene rings is 3. The van der Waals surface area contributed by atoms with Crippen LogP contribution in [-0.4, -0.2) is 43.1 Å². The molecule has 3 aromatic rings. The van der Waals surface area contributed by atoms with Crippen LogP contribution in [0.4, 0.5) is 4.79 Å². The maximum absolute atomic E-state index is 13.1. The fourth-order valence-electron chi connectivity index (χ4n) is 4.05. The standard InChI is InChI=1S/C31H39N5O4/c1-31(2,32)17-28(37)36-27(21-40-20-23-9-5-4-6-10-23)29(38)34-18-22-13-15-24(16-14-22)26-12-8-7-11-25(26)19-35-30(39)33-3/h4-16,27H,17-21,32H2,1-3H3,(H,34,38)(H,36,37)(H2,33,35,39)/t27-/m1/s1. The second-order valence-corrected chi connectivity index (χ2v) is 10.3. The van der Waals surface area contributed by atoms with E-state index in [1.165, 1.54) is 0 Å². The quantitative estimate of drug-likeness (QED) is 0.225. The molecule has 3 rings (SSSR count). The molecule has 0 aliphatic heterocycles. The molecule has 0 spiro atoms. The molecule has 0 heterocycles. The van der Waals surface area contributed by atoms with Crippen molar-refractivity contribution in [3.8, 4) is 11.1 Å². The van der Waals surface area contributed by atoms with Gasteiger partial charge in [-0.05, 0) is 41.7 Å². The highest BCUT2D eigenvalue weighted by Gasteiger charge is 2.24. The lowest BCUT2D eigenvalue weighted by Crippen LogP contribution is -2.51. The van der Waals surface area contributed by atoms with E-state index in [4.69, 9.17) is 10.5 Å². The smallest absolute Gasteiger partial charge is 0.314 e. The van der Waals surface area contributed by atoms with Crippen LogP contribution in [-0.2, 0) is 34.0 Å². The molecule has 0 saturated carbocycles. The Balaban J connectivity index is 1.61. The van der Waals surface area contributed by atoms with Gasteiger partial charge in [-0.1, -0.05) is 78.9 Å². The first-order valence-corrected chi connectivity index (χ1v) is 13.2. The summed E-state index contributed by atoms with van der Waals surface area (Å²) in [6, 6.07) is 24.2. The van der Waals surface area contributed by atoms with Crippen molar-refractivity contribution in [1.82, 2.24) is 21.3 Å². The molecular weight excluding hydrogens is 506 g/mol. The van der Waals surface area contributed by atoms with Crippen LogP contribution in [0.3, 0.4) is 0 Å². The average molecular weight is 546 g/mol.